The van der Waals surface area contributed by atoms with Crippen LogP contribution in [0.1, 0.15) is 13.8 Å². The number of amidine groups is 1. The molecule has 0 unspecified atom stereocenters. The van der Waals surface area contributed by atoms with Crippen LogP contribution in [-0.2, 0) is 0 Å². The molecule has 0 fully saturated rings. The normalized spacial score (nSPS) is 12.5. The zero-order valence-electron chi connectivity index (χ0n) is 8.03. The monoisotopic (exact) mass is 200 g/mol. The number of hydrogen-bond acceptors (Lipinski definition) is 3. The summed E-state index contributed by atoms with van der Waals surface area (Å²) < 4.78 is 0. The molecule has 3 N–H and O–H groups in total. The van der Waals surface area contributed by atoms with Gasteiger partial charge in [0.1, 0.15) is 6.34 Å². The average Bonchev–Trinajstić information content (AvgIpc) is 2.09. The molecule has 0 aliphatic rings. The van der Waals surface area contributed by atoms with Crippen molar-refractivity contribution in [3.63, 3.8) is 0 Å². The first kappa shape index (κ1) is 12.2. The van der Waals surface area contributed by atoms with Crippen LogP contribution in [0.15, 0.2) is 22.6 Å². The van der Waals surface area contributed by atoms with Crippen molar-refractivity contribution in [3.05, 3.63) is 12.7 Å². The minimum atomic E-state index is 0.238. The molecular formula is C8H16N4S. The summed E-state index contributed by atoms with van der Waals surface area (Å²) >= 11 is 1.53. The lowest BCUT2D eigenvalue weighted by Crippen LogP contribution is -2.19. The van der Waals surface area contributed by atoms with Gasteiger partial charge in [-0.05, 0) is 13.8 Å². The summed E-state index contributed by atoms with van der Waals surface area (Å²) in [6.07, 6.45) is 3.23. The fourth-order valence-electron chi connectivity index (χ4n) is 0.555. The van der Waals surface area contributed by atoms with Crippen molar-refractivity contribution >= 4 is 23.3 Å². The van der Waals surface area contributed by atoms with Gasteiger partial charge in [0.05, 0.1) is 0 Å². The molecule has 0 saturated carbocycles. The predicted octanol–water partition coefficient (Wildman–Crippen LogP) is 1.16. The standard InChI is InChI=1S/C8H16N4S/c1-4-5-13-8(10-6-11-9)12-7(2)3/h4,6-7H,1,5,9H2,2-3H3,(H,10,11,12). The molecule has 0 radical (unpaired) electrons. The van der Waals surface area contributed by atoms with Gasteiger partial charge in [-0.2, -0.15) is 0 Å². The van der Waals surface area contributed by atoms with Crippen LogP contribution in [0.25, 0.3) is 0 Å². The highest BCUT2D eigenvalue weighted by molar-refractivity contribution is 8.14. The Bertz CT molecular complexity index is 198. The van der Waals surface area contributed by atoms with E-state index < -0.39 is 0 Å². The maximum absolute atomic E-state index is 5.05. The third kappa shape index (κ3) is 7.55. The Balaban J connectivity index is 4.18. The van der Waals surface area contributed by atoms with E-state index in [1.54, 1.807) is 0 Å². The van der Waals surface area contributed by atoms with Gasteiger partial charge in [-0.3, -0.25) is 4.99 Å². The van der Waals surface area contributed by atoms with Crippen LogP contribution in [-0.4, -0.2) is 23.3 Å². The van der Waals surface area contributed by atoms with Gasteiger partial charge in [-0.1, -0.05) is 17.8 Å². The van der Waals surface area contributed by atoms with Gasteiger partial charge < -0.3 is 5.43 Å². The van der Waals surface area contributed by atoms with Crippen LogP contribution in [0.5, 0.6) is 0 Å². The van der Waals surface area contributed by atoms with Gasteiger partial charge in [0.25, 0.3) is 0 Å². The first-order valence-electron chi connectivity index (χ1n) is 4.00. The first-order chi connectivity index (χ1) is 6.20. The van der Waals surface area contributed by atoms with E-state index in [0.29, 0.717) is 5.17 Å². The van der Waals surface area contributed by atoms with E-state index in [-0.39, 0.29) is 6.04 Å². The number of thioether (sulfide) groups is 1. The molecule has 0 amide bonds. The lowest BCUT2D eigenvalue weighted by Gasteiger charge is -2.00. The lowest BCUT2D eigenvalue weighted by molar-refractivity contribution is 0.838. The molecule has 0 aliphatic heterocycles. The van der Waals surface area contributed by atoms with Crippen molar-refractivity contribution in [2.24, 2.45) is 15.8 Å². The number of hydrazine groups is 1. The summed E-state index contributed by atoms with van der Waals surface area (Å²) in [5.74, 6) is 5.85. The summed E-state index contributed by atoms with van der Waals surface area (Å²) in [6, 6.07) is 0.238. The minimum Gasteiger partial charge on any atom is -0.315 e. The van der Waals surface area contributed by atoms with Gasteiger partial charge in [0.15, 0.2) is 5.17 Å². The fourth-order valence-corrected chi connectivity index (χ4v) is 1.23. The Labute approximate surface area is 83.4 Å². The van der Waals surface area contributed by atoms with Crippen molar-refractivity contribution in [1.82, 2.24) is 5.43 Å². The number of nitrogens with zero attached hydrogens (tertiary/aromatic N) is 2. The quantitative estimate of drug-likeness (QED) is 0.235. The Morgan fingerprint density at radius 2 is 2.38 bits per heavy atom. The van der Waals surface area contributed by atoms with Crippen LogP contribution < -0.4 is 11.3 Å². The zero-order chi connectivity index (χ0) is 10.1. The molecule has 0 aliphatic carbocycles. The third-order valence-corrected chi connectivity index (χ3v) is 1.82. The molecular weight excluding hydrogens is 184 g/mol. The van der Waals surface area contributed by atoms with Crippen LogP contribution in [0, 0.1) is 0 Å². The Morgan fingerprint density at radius 3 is 2.85 bits per heavy atom. The van der Waals surface area contributed by atoms with Gasteiger partial charge >= 0.3 is 0 Å². The summed E-state index contributed by atoms with van der Waals surface area (Å²) in [5, 5.41) is 0.716. The SMILES string of the molecule is C=CCSC(N=CNN)=NC(C)C. The second-order valence-corrected chi connectivity index (χ2v) is 3.52. The van der Waals surface area contributed by atoms with Crippen molar-refractivity contribution in [2.45, 2.75) is 19.9 Å². The smallest absolute Gasteiger partial charge is 0.184 e. The van der Waals surface area contributed by atoms with E-state index in [9.17, 15) is 0 Å². The molecule has 4 nitrogen and oxygen atoms in total. The molecule has 0 aromatic heterocycles. The van der Waals surface area contributed by atoms with E-state index >= 15 is 0 Å². The number of aliphatic imine (C=N–C) groups is 2. The second kappa shape index (κ2) is 7.82. The zero-order valence-corrected chi connectivity index (χ0v) is 8.84. The van der Waals surface area contributed by atoms with Gasteiger partial charge in [-0.15, -0.1) is 6.58 Å². The molecule has 0 aromatic carbocycles. The Hall–Kier alpha value is -0.810. The topological polar surface area (TPSA) is 62.8 Å². The summed E-state index contributed by atoms with van der Waals surface area (Å²) in [7, 11) is 0. The summed E-state index contributed by atoms with van der Waals surface area (Å²) in [6.45, 7) is 7.62. The average molecular weight is 200 g/mol. The molecule has 5 heteroatoms. The Kier molecular flexibility index (Phi) is 7.33. The van der Waals surface area contributed by atoms with Crippen LogP contribution in [0.3, 0.4) is 0 Å². The van der Waals surface area contributed by atoms with Crippen molar-refractivity contribution < 1.29 is 0 Å². The molecule has 13 heavy (non-hydrogen) atoms. The molecule has 0 aromatic rings. The van der Waals surface area contributed by atoms with Crippen LogP contribution in [0.2, 0.25) is 0 Å². The third-order valence-electron chi connectivity index (χ3n) is 0.948. The van der Waals surface area contributed by atoms with Crippen LogP contribution in [0.4, 0.5) is 0 Å². The molecule has 0 spiro atoms. The number of hydrogen-bond donors (Lipinski definition) is 2. The van der Waals surface area contributed by atoms with Gasteiger partial charge in [0.2, 0.25) is 0 Å². The maximum Gasteiger partial charge on any atom is 0.184 e. The highest BCUT2D eigenvalue weighted by Crippen LogP contribution is 2.06. The molecule has 0 atom stereocenters. The molecule has 0 saturated heterocycles. The van der Waals surface area contributed by atoms with Crippen molar-refractivity contribution in [2.75, 3.05) is 5.75 Å². The van der Waals surface area contributed by atoms with E-state index in [1.165, 1.54) is 18.1 Å². The minimum absolute atomic E-state index is 0.238. The number of nitrogens with two attached hydrogens (primary N) is 1. The maximum atomic E-state index is 5.05. The summed E-state index contributed by atoms with van der Waals surface area (Å²) in [5.41, 5.74) is 2.34. The number of nitrogens with one attached hydrogen (secondary N) is 1. The molecule has 0 bridgehead atoms. The van der Waals surface area contributed by atoms with Gasteiger partial charge in [0, 0.05) is 11.8 Å². The molecule has 0 rings (SSSR count). The van der Waals surface area contributed by atoms with Crippen LogP contribution >= 0.6 is 11.8 Å². The largest absolute Gasteiger partial charge is 0.315 e. The van der Waals surface area contributed by atoms with Gasteiger partial charge in [-0.25, -0.2) is 10.8 Å². The fraction of sp³-hybridized carbons (Fsp3) is 0.500. The first-order valence-corrected chi connectivity index (χ1v) is 4.99. The number of rotatable bonds is 4. The predicted molar refractivity (Wildman–Crippen MR) is 61.0 cm³/mol. The van der Waals surface area contributed by atoms with E-state index in [2.05, 4.69) is 22.0 Å². The lowest BCUT2D eigenvalue weighted by atomic mass is 10.4. The van der Waals surface area contributed by atoms with Crippen molar-refractivity contribution in [1.29, 1.82) is 0 Å². The van der Waals surface area contributed by atoms with E-state index in [4.69, 9.17) is 5.84 Å². The Morgan fingerprint density at radius 1 is 1.69 bits per heavy atom. The second-order valence-electron chi connectivity index (χ2n) is 2.53. The van der Waals surface area contributed by atoms with Crippen molar-refractivity contribution in [3.8, 4) is 0 Å². The molecule has 74 valence electrons. The van der Waals surface area contributed by atoms with E-state index in [0.717, 1.165) is 5.75 Å². The summed E-state index contributed by atoms with van der Waals surface area (Å²) in [4.78, 5) is 8.31. The highest BCUT2D eigenvalue weighted by atomic mass is 32.2. The highest BCUT2D eigenvalue weighted by Gasteiger charge is 1.96. The van der Waals surface area contributed by atoms with E-state index in [1.807, 2.05) is 19.9 Å². The molecule has 0 heterocycles.